The van der Waals surface area contributed by atoms with Crippen molar-refractivity contribution in [2.24, 2.45) is 0 Å². The first-order valence-electron chi connectivity index (χ1n) is 6.25. The van der Waals surface area contributed by atoms with Crippen LogP contribution >= 0.6 is 27.3 Å². The summed E-state index contributed by atoms with van der Waals surface area (Å²) in [5.41, 5.74) is 0.626. The van der Waals surface area contributed by atoms with E-state index in [4.69, 9.17) is 0 Å². The van der Waals surface area contributed by atoms with E-state index in [-0.39, 0.29) is 5.82 Å². The summed E-state index contributed by atoms with van der Waals surface area (Å²) in [5, 5.41) is 7.04. The van der Waals surface area contributed by atoms with E-state index in [0.717, 1.165) is 19.6 Å². The molecule has 0 amide bonds. The molecule has 0 unspecified atom stereocenters. The number of halogens is 2. The van der Waals surface area contributed by atoms with Gasteiger partial charge in [-0.2, -0.15) is 4.98 Å². The van der Waals surface area contributed by atoms with Crippen LogP contribution in [0.5, 0.6) is 0 Å². The molecule has 0 fully saturated rings. The van der Waals surface area contributed by atoms with Crippen molar-refractivity contribution >= 4 is 54.9 Å². The summed E-state index contributed by atoms with van der Waals surface area (Å²) in [7, 11) is 1.77. The fourth-order valence-corrected chi connectivity index (χ4v) is 3.20. The minimum atomic E-state index is -0.304. The third-order valence-electron chi connectivity index (χ3n) is 2.92. The van der Waals surface area contributed by atoms with Gasteiger partial charge in [-0.3, -0.25) is 0 Å². The standard InChI is InChI=1S/C14H12BrFN4S/c1-7-5-9-12(19-14(17-2)20-13(9)21-7)18-11-6-8(16)3-4-10(11)15/h3-6H,1-2H3,(H2,17,18,19,20). The van der Waals surface area contributed by atoms with Gasteiger partial charge in [-0.15, -0.1) is 11.3 Å². The van der Waals surface area contributed by atoms with Crippen molar-refractivity contribution in [3.8, 4) is 0 Å². The molecule has 0 atom stereocenters. The second-order valence-corrected chi connectivity index (χ2v) is 6.56. The van der Waals surface area contributed by atoms with Crippen molar-refractivity contribution in [2.75, 3.05) is 17.7 Å². The molecule has 0 radical (unpaired) electrons. The van der Waals surface area contributed by atoms with Gasteiger partial charge >= 0.3 is 0 Å². The number of benzene rings is 1. The van der Waals surface area contributed by atoms with Gasteiger partial charge in [0.05, 0.1) is 11.1 Å². The predicted octanol–water partition coefficient (Wildman–Crippen LogP) is 4.69. The molecule has 0 saturated carbocycles. The Balaban J connectivity index is 2.12. The van der Waals surface area contributed by atoms with E-state index in [9.17, 15) is 4.39 Å². The molecule has 0 bridgehead atoms. The molecule has 3 rings (SSSR count). The van der Waals surface area contributed by atoms with Crippen molar-refractivity contribution in [2.45, 2.75) is 6.92 Å². The van der Waals surface area contributed by atoms with Gasteiger partial charge in [0.25, 0.3) is 0 Å². The lowest BCUT2D eigenvalue weighted by Crippen LogP contribution is -2.01. The molecule has 2 heterocycles. The Bertz CT molecular complexity index is 818. The first kappa shape index (κ1) is 14.2. The van der Waals surface area contributed by atoms with Crippen molar-refractivity contribution < 1.29 is 4.39 Å². The summed E-state index contributed by atoms with van der Waals surface area (Å²) in [6.45, 7) is 2.02. The first-order chi connectivity index (χ1) is 10.1. The number of fused-ring (bicyclic) bond motifs is 1. The highest BCUT2D eigenvalue weighted by Crippen LogP contribution is 2.33. The van der Waals surface area contributed by atoms with E-state index in [2.05, 4.69) is 36.5 Å². The monoisotopic (exact) mass is 366 g/mol. The smallest absolute Gasteiger partial charge is 0.225 e. The number of anilines is 3. The molecule has 7 heteroatoms. The molecule has 1 aromatic carbocycles. The van der Waals surface area contributed by atoms with E-state index in [1.165, 1.54) is 12.1 Å². The van der Waals surface area contributed by atoms with Crippen LogP contribution in [0.15, 0.2) is 28.7 Å². The second kappa shape index (κ2) is 5.57. The van der Waals surface area contributed by atoms with Crippen LogP contribution in [0.1, 0.15) is 4.88 Å². The third kappa shape index (κ3) is 2.84. The number of thiophene rings is 1. The number of nitrogens with one attached hydrogen (secondary N) is 2. The van der Waals surface area contributed by atoms with E-state index in [0.29, 0.717) is 17.5 Å². The summed E-state index contributed by atoms with van der Waals surface area (Å²) in [6.07, 6.45) is 0. The lowest BCUT2D eigenvalue weighted by molar-refractivity contribution is 0.628. The maximum absolute atomic E-state index is 13.4. The zero-order valence-electron chi connectivity index (χ0n) is 11.4. The average molecular weight is 367 g/mol. The predicted molar refractivity (Wildman–Crippen MR) is 89.1 cm³/mol. The minimum Gasteiger partial charge on any atom is -0.357 e. The summed E-state index contributed by atoms with van der Waals surface area (Å²) in [6, 6.07) is 6.51. The average Bonchev–Trinajstić information content (AvgIpc) is 2.83. The molecule has 0 aliphatic carbocycles. The molecule has 108 valence electrons. The molecule has 4 nitrogen and oxygen atoms in total. The maximum atomic E-state index is 13.4. The van der Waals surface area contributed by atoms with E-state index < -0.39 is 0 Å². The minimum absolute atomic E-state index is 0.304. The van der Waals surface area contributed by atoms with Gasteiger partial charge in [0.2, 0.25) is 5.95 Å². The summed E-state index contributed by atoms with van der Waals surface area (Å²) in [5.74, 6) is 0.876. The van der Waals surface area contributed by atoms with Crippen LogP contribution in [0.2, 0.25) is 0 Å². The quantitative estimate of drug-likeness (QED) is 0.705. The lowest BCUT2D eigenvalue weighted by atomic mass is 10.3. The van der Waals surface area contributed by atoms with Crippen LogP contribution in [0, 0.1) is 12.7 Å². The zero-order valence-corrected chi connectivity index (χ0v) is 13.8. The molecular weight excluding hydrogens is 355 g/mol. The fourth-order valence-electron chi connectivity index (χ4n) is 1.97. The van der Waals surface area contributed by atoms with E-state index in [1.807, 2.05) is 13.0 Å². The molecule has 0 aliphatic rings. The Kier molecular flexibility index (Phi) is 3.77. The van der Waals surface area contributed by atoms with Gasteiger partial charge < -0.3 is 10.6 Å². The van der Waals surface area contributed by atoms with Crippen molar-refractivity contribution in [1.82, 2.24) is 9.97 Å². The van der Waals surface area contributed by atoms with Gasteiger partial charge in [-0.05, 0) is 47.1 Å². The van der Waals surface area contributed by atoms with Gasteiger partial charge in [-0.25, -0.2) is 9.37 Å². The fraction of sp³-hybridized carbons (Fsp3) is 0.143. The number of nitrogens with zero attached hydrogens (tertiary/aromatic N) is 2. The highest BCUT2D eigenvalue weighted by atomic mass is 79.9. The molecule has 21 heavy (non-hydrogen) atoms. The Morgan fingerprint density at radius 1 is 1.24 bits per heavy atom. The van der Waals surface area contributed by atoms with Gasteiger partial charge in [0.1, 0.15) is 16.5 Å². The molecular formula is C14H12BrFN4S. The topological polar surface area (TPSA) is 49.8 Å². The summed E-state index contributed by atoms with van der Waals surface area (Å²) >= 11 is 5.00. The van der Waals surface area contributed by atoms with Crippen LogP contribution in [-0.4, -0.2) is 17.0 Å². The molecule has 0 spiro atoms. The Hall–Kier alpha value is -1.73. The van der Waals surface area contributed by atoms with Gasteiger partial charge in [0.15, 0.2) is 0 Å². The van der Waals surface area contributed by atoms with Gasteiger partial charge in [0, 0.05) is 16.4 Å². The number of rotatable bonds is 3. The number of hydrogen-bond acceptors (Lipinski definition) is 5. The Morgan fingerprint density at radius 3 is 2.81 bits per heavy atom. The largest absolute Gasteiger partial charge is 0.357 e. The van der Waals surface area contributed by atoms with E-state index in [1.54, 1.807) is 24.5 Å². The molecule has 0 saturated heterocycles. The van der Waals surface area contributed by atoms with Crippen LogP contribution in [0.4, 0.5) is 21.8 Å². The number of aromatic nitrogens is 2. The molecule has 2 aromatic heterocycles. The summed E-state index contributed by atoms with van der Waals surface area (Å²) in [4.78, 5) is 10.9. The Labute approximate surface area is 133 Å². The van der Waals surface area contributed by atoms with Crippen LogP contribution in [0.25, 0.3) is 10.2 Å². The second-order valence-electron chi connectivity index (χ2n) is 4.47. The third-order valence-corrected chi connectivity index (χ3v) is 4.56. The number of hydrogen-bond donors (Lipinski definition) is 2. The summed E-state index contributed by atoms with van der Waals surface area (Å²) < 4.78 is 14.2. The highest BCUT2D eigenvalue weighted by molar-refractivity contribution is 9.10. The molecule has 2 N–H and O–H groups in total. The van der Waals surface area contributed by atoms with Crippen LogP contribution in [-0.2, 0) is 0 Å². The number of aryl methyl sites for hydroxylation is 1. The van der Waals surface area contributed by atoms with Gasteiger partial charge in [-0.1, -0.05) is 0 Å². The van der Waals surface area contributed by atoms with Crippen molar-refractivity contribution in [3.63, 3.8) is 0 Å². The van der Waals surface area contributed by atoms with Crippen molar-refractivity contribution in [1.29, 1.82) is 0 Å². The first-order valence-corrected chi connectivity index (χ1v) is 7.86. The van der Waals surface area contributed by atoms with E-state index >= 15 is 0 Å². The zero-order chi connectivity index (χ0) is 15.0. The highest BCUT2D eigenvalue weighted by Gasteiger charge is 2.12. The lowest BCUT2D eigenvalue weighted by Gasteiger charge is -2.10. The van der Waals surface area contributed by atoms with Crippen molar-refractivity contribution in [3.05, 3.63) is 39.4 Å². The molecule has 0 aliphatic heterocycles. The Morgan fingerprint density at radius 2 is 2.05 bits per heavy atom. The molecule has 3 aromatic rings. The normalized spacial score (nSPS) is 10.9. The SMILES string of the molecule is CNc1nc(Nc2cc(F)ccc2Br)c2cc(C)sc2n1. The maximum Gasteiger partial charge on any atom is 0.225 e. The van der Waals surface area contributed by atoms with Crippen LogP contribution < -0.4 is 10.6 Å². The van der Waals surface area contributed by atoms with Crippen LogP contribution in [0.3, 0.4) is 0 Å².